The molecule has 0 N–H and O–H groups in total. The Bertz CT molecular complexity index is 258. The summed E-state index contributed by atoms with van der Waals surface area (Å²) >= 11 is 1.67. The molecule has 12 heavy (non-hydrogen) atoms. The topological polar surface area (TPSA) is 18.5 Å². The lowest BCUT2D eigenvalue weighted by Crippen LogP contribution is -2.32. The maximum Gasteiger partial charge on any atom is 0.505 e. The van der Waals surface area contributed by atoms with Gasteiger partial charge in [0, 0.05) is 4.78 Å². The Morgan fingerprint density at radius 1 is 1.58 bits per heavy atom. The van der Waals surface area contributed by atoms with Crippen molar-refractivity contribution in [1.29, 1.82) is 0 Å². The first-order chi connectivity index (χ1) is 5.67. The van der Waals surface area contributed by atoms with Gasteiger partial charge in [-0.2, -0.15) is 11.3 Å². The number of hydrogen-bond acceptors (Lipinski definition) is 3. The number of thiophene rings is 1. The zero-order valence-corrected chi connectivity index (χ0v) is 8.06. The van der Waals surface area contributed by atoms with Crippen LogP contribution in [-0.4, -0.2) is 19.3 Å². The van der Waals surface area contributed by atoms with Crippen LogP contribution in [0.2, 0.25) is 0 Å². The molecule has 0 aromatic carbocycles. The zero-order chi connectivity index (χ0) is 8.60. The minimum absolute atomic E-state index is 0.130. The van der Waals surface area contributed by atoms with Crippen LogP contribution < -0.4 is 4.78 Å². The van der Waals surface area contributed by atoms with Crippen molar-refractivity contribution >= 4 is 23.2 Å². The Balaban J connectivity index is 2.10. The molecule has 2 heterocycles. The van der Waals surface area contributed by atoms with E-state index in [-0.39, 0.29) is 12.7 Å². The Kier molecular flexibility index (Phi) is 1.98. The van der Waals surface area contributed by atoms with E-state index in [0.717, 1.165) is 4.78 Å². The minimum atomic E-state index is -0.139. The van der Waals surface area contributed by atoms with E-state index < -0.39 is 0 Å². The van der Waals surface area contributed by atoms with E-state index in [0.29, 0.717) is 6.61 Å². The van der Waals surface area contributed by atoms with Crippen LogP contribution in [0.1, 0.15) is 13.8 Å². The van der Waals surface area contributed by atoms with Gasteiger partial charge in [-0.1, -0.05) is 12.1 Å². The van der Waals surface area contributed by atoms with Crippen LogP contribution in [0, 0.1) is 0 Å². The van der Waals surface area contributed by atoms with E-state index in [4.69, 9.17) is 9.31 Å². The fourth-order valence-electron chi connectivity index (χ4n) is 1.20. The lowest BCUT2D eigenvalue weighted by molar-refractivity contribution is 0.137. The number of hydrogen-bond donors (Lipinski definition) is 0. The van der Waals surface area contributed by atoms with Gasteiger partial charge in [0.05, 0.1) is 12.2 Å². The Morgan fingerprint density at radius 2 is 2.42 bits per heavy atom. The standard InChI is InChI=1S/C8H11BO2S/c1-8(2)6-10-9(11-8)7-4-3-5-12-7/h3-5H,6H2,1-2H3. The molecule has 0 bridgehead atoms. The van der Waals surface area contributed by atoms with Gasteiger partial charge in [-0.25, -0.2) is 0 Å². The highest BCUT2D eigenvalue weighted by Crippen LogP contribution is 2.20. The lowest BCUT2D eigenvalue weighted by atomic mass is 9.88. The highest BCUT2D eigenvalue weighted by Gasteiger charge is 2.38. The zero-order valence-electron chi connectivity index (χ0n) is 7.24. The quantitative estimate of drug-likeness (QED) is 0.609. The molecule has 64 valence electrons. The molecule has 0 aliphatic carbocycles. The maximum atomic E-state index is 5.68. The van der Waals surface area contributed by atoms with E-state index >= 15 is 0 Å². The Hall–Kier alpha value is -0.315. The molecular weight excluding hydrogens is 171 g/mol. The second-order valence-corrected chi connectivity index (χ2v) is 4.52. The predicted molar refractivity (Wildman–Crippen MR) is 50.8 cm³/mol. The third kappa shape index (κ3) is 1.55. The van der Waals surface area contributed by atoms with Gasteiger partial charge in [-0.3, -0.25) is 0 Å². The number of rotatable bonds is 1. The monoisotopic (exact) mass is 182 g/mol. The van der Waals surface area contributed by atoms with Crippen molar-refractivity contribution in [3.8, 4) is 0 Å². The van der Waals surface area contributed by atoms with E-state index in [2.05, 4.69) is 0 Å². The average molecular weight is 182 g/mol. The molecule has 1 aromatic heterocycles. The van der Waals surface area contributed by atoms with Crippen LogP contribution in [0.5, 0.6) is 0 Å². The predicted octanol–water partition coefficient (Wildman–Crippen LogP) is 1.27. The fourth-order valence-corrected chi connectivity index (χ4v) is 1.90. The average Bonchev–Trinajstić information content (AvgIpc) is 2.55. The largest absolute Gasteiger partial charge is 0.505 e. The molecule has 0 spiro atoms. The molecule has 1 fully saturated rings. The first-order valence-electron chi connectivity index (χ1n) is 4.00. The van der Waals surface area contributed by atoms with Crippen molar-refractivity contribution in [1.82, 2.24) is 0 Å². The molecule has 0 atom stereocenters. The Labute approximate surface area is 76.6 Å². The van der Waals surface area contributed by atoms with E-state index in [1.165, 1.54) is 0 Å². The van der Waals surface area contributed by atoms with Gasteiger partial charge in [0.15, 0.2) is 0 Å². The van der Waals surface area contributed by atoms with Gasteiger partial charge in [-0.05, 0) is 19.2 Å². The third-order valence-corrected chi connectivity index (χ3v) is 2.68. The van der Waals surface area contributed by atoms with Crippen molar-refractivity contribution in [2.24, 2.45) is 0 Å². The molecule has 1 aliphatic rings. The third-order valence-electron chi connectivity index (χ3n) is 1.78. The van der Waals surface area contributed by atoms with Crippen LogP contribution in [0.25, 0.3) is 0 Å². The van der Waals surface area contributed by atoms with Gasteiger partial charge in [0.2, 0.25) is 0 Å². The van der Waals surface area contributed by atoms with Crippen molar-refractivity contribution in [3.63, 3.8) is 0 Å². The van der Waals surface area contributed by atoms with E-state index in [9.17, 15) is 0 Å². The van der Waals surface area contributed by atoms with Crippen molar-refractivity contribution < 1.29 is 9.31 Å². The minimum Gasteiger partial charge on any atom is -0.404 e. The van der Waals surface area contributed by atoms with Crippen LogP contribution in [0.3, 0.4) is 0 Å². The summed E-state index contributed by atoms with van der Waals surface area (Å²) in [5, 5.41) is 2.04. The molecule has 0 unspecified atom stereocenters. The maximum absolute atomic E-state index is 5.68. The molecule has 4 heteroatoms. The van der Waals surface area contributed by atoms with Crippen LogP contribution in [0.4, 0.5) is 0 Å². The Morgan fingerprint density at radius 3 is 2.92 bits per heavy atom. The van der Waals surface area contributed by atoms with Gasteiger partial charge >= 0.3 is 7.12 Å². The molecule has 1 aliphatic heterocycles. The van der Waals surface area contributed by atoms with Crippen LogP contribution >= 0.6 is 11.3 Å². The molecule has 1 saturated heterocycles. The second kappa shape index (κ2) is 2.87. The first-order valence-corrected chi connectivity index (χ1v) is 4.88. The van der Waals surface area contributed by atoms with Gasteiger partial charge in [0.1, 0.15) is 0 Å². The molecule has 2 rings (SSSR count). The molecule has 0 saturated carbocycles. The fraction of sp³-hybridized carbons (Fsp3) is 0.500. The second-order valence-electron chi connectivity index (χ2n) is 3.54. The summed E-state index contributed by atoms with van der Waals surface area (Å²) in [5.41, 5.74) is -0.130. The highest BCUT2D eigenvalue weighted by atomic mass is 32.1. The van der Waals surface area contributed by atoms with Gasteiger partial charge in [0.25, 0.3) is 0 Å². The smallest absolute Gasteiger partial charge is 0.404 e. The molecule has 1 aromatic rings. The van der Waals surface area contributed by atoms with Gasteiger partial charge in [-0.15, -0.1) is 0 Å². The summed E-state index contributed by atoms with van der Waals surface area (Å²) in [6.45, 7) is 4.76. The van der Waals surface area contributed by atoms with Crippen molar-refractivity contribution in [3.05, 3.63) is 17.5 Å². The normalized spacial score (nSPS) is 21.7. The van der Waals surface area contributed by atoms with Crippen LogP contribution in [0.15, 0.2) is 17.5 Å². The van der Waals surface area contributed by atoms with E-state index in [1.807, 2.05) is 31.4 Å². The highest BCUT2D eigenvalue weighted by molar-refractivity contribution is 7.20. The summed E-state index contributed by atoms with van der Waals surface area (Å²) in [6, 6.07) is 4.05. The molecule has 2 nitrogen and oxygen atoms in total. The summed E-state index contributed by atoms with van der Waals surface area (Å²) in [5.74, 6) is 0. The molecular formula is C8H11BO2S. The van der Waals surface area contributed by atoms with Crippen LogP contribution in [-0.2, 0) is 9.31 Å². The van der Waals surface area contributed by atoms with Gasteiger partial charge < -0.3 is 9.31 Å². The molecule has 0 radical (unpaired) electrons. The first kappa shape index (κ1) is 8.29. The SMILES string of the molecule is CC1(C)COB(c2cccs2)O1. The summed E-state index contributed by atoms with van der Waals surface area (Å²) in [6.07, 6.45) is 0. The molecule has 0 amide bonds. The lowest BCUT2D eigenvalue weighted by Gasteiger charge is -2.14. The van der Waals surface area contributed by atoms with Crippen molar-refractivity contribution in [2.45, 2.75) is 19.4 Å². The van der Waals surface area contributed by atoms with E-state index in [1.54, 1.807) is 11.3 Å². The summed E-state index contributed by atoms with van der Waals surface area (Å²) in [7, 11) is -0.139. The summed E-state index contributed by atoms with van der Waals surface area (Å²) < 4.78 is 12.3. The summed E-state index contributed by atoms with van der Waals surface area (Å²) in [4.78, 5) is 0. The van der Waals surface area contributed by atoms with Crippen molar-refractivity contribution in [2.75, 3.05) is 6.61 Å².